The number of carbonyl (C=O) groups excluding carboxylic acids is 1. The Morgan fingerprint density at radius 1 is 1.23 bits per heavy atom. The van der Waals surface area contributed by atoms with E-state index in [9.17, 15) is 9.18 Å². The van der Waals surface area contributed by atoms with Gasteiger partial charge < -0.3 is 4.74 Å². The molecule has 2 bridgehead atoms. The Bertz CT molecular complexity index is 578. The number of rotatable bonds is 3. The van der Waals surface area contributed by atoms with Gasteiger partial charge in [0.2, 0.25) is 0 Å². The van der Waals surface area contributed by atoms with Crippen molar-refractivity contribution in [1.82, 2.24) is 0 Å². The molecule has 1 aromatic carbocycles. The Hall–Kier alpha value is -1.38. The Morgan fingerprint density at radius 3 is 2.41 bits per heavy atom. The summed E-state index contributed by atoms with van der Waals surface area (Å²) in [6.45, 7) is 6.68. The highest BCUT2D eigenvalue weighted by atomic mass is 19.1. The lowest BCUT2D eigenvalue weighted by Crippen LogP contribution is -2.62. The van der Waals surface area contributed by atoms with Crippen LogP contribution in [-0.2, 0) is 11.2 Å². The maximum absolute atomic E-state index is 14.7. The SMILES string of the molecule is COC(=O)c1ccc(CC2(C)C(F)CC3CC2C3(C)C)cc1. The van der Waals surface area contributed by atoms with Crippen LogP contribution in [-0.4, -0.2) is 19.3 Å². The van der Waals surface area contributed by atoms with Gasteiger partial charge in [0.1, 0.15) is 6.17 Å². The summed E-state index contributed by atoms with van der Waals surface area (Å²) in [5.74, 6) is 0.651. The molecular formula is C19H25FO2. The van der Waals surface area contributed by atoms with Crippen molar-refractivity contribution < 1.29 is 13.9 Å². The third kappa shape index (κ3) is 2.17. The van der Waals surface area contributed by atoms with Crippen molar-refractivity contribution >= 4 is 5.97 Å². The van der Waals surface area contributed by atoms with Gasteiger partial charge >= 0.3 is 5.97 Å². The van der Waals surface area contributed by atoms with Crippen molar-refractivity contribution in [1.29, 1.82) is 0 Å². The molecule has 0 N–H and O–H groups in total. The first-order chi connectivity index (χ1) is 10.3. The summed E-state index contributed by atoms with van der Waals surface area (Å²) in [4.78, 5) is 11.5. The zero-order valence-electron chi connectivity index (χ0n) is 13.9. The second-order valence-electron chi connectivity index (χ2n) is 7.88. The van der Waals surface area contributed by atoms with Gasteiger partial charge in [0.05, 0.1) is 12.7 Å². The second kappa shape index (κ2) is 5.07. The van der Waals surface area contributed by atoms with E-state index in [1.54, 1.807) is 12.1 Å². The van der Waals surface area contributed by atoms with Gasteiger partial charge in [0, 0.05) is 5.41 Å². The van der Waals surface area contributed by atoms with Crippen LogP contribution in [0.15, 0.2) is 24.3 Å². The summed E-state index contributed by atoms with van der Waals surface area (Å²) in [7, 11) is 1.38. The molecule has 4 rings (SSSR count). The lowest BCUT2D eigenvalue weighted by molar-refractivity contribution is -0.187. The number of halogens is 1. The molecule has 4 unspecified atom stereocenters. The van der Waals surface area contributed by atoms with E-state index in [4.69, 9.17) is 4.74 Å². The fourth-order valence-electron chi connectivity index (χ4n) is 4.82. The summed E-state index contributed by atoms with van der Waals surface area (Å²) >= 11 is 0. The average molecular weight is 304 g/mol. The van der Waals surface area contributed by atoms with Gasteiger partial charge in [0.25, 0.3) is 0 Å². The van der Waals surface area contributed by atoms with Crippen LogP contribution < -0.4 is 0 Å². The lowest BCUT2D eigenvalue weighted by Gasteiger charge is -2.65. The largest absolute Gasteiger partial charge is 0.465 e. The maximum Gasteiger partial charge on any atom is 0.337 e. The van der Waals surface area contributed by atoms with E-state index < -0.39 is 6.17 Å². The summed E-state index contributed by atoms with van der Waals surface area (Å²) in [5.41, 5.74) is 1.59. The van der Waals surface area contributed by atoms with Gasteiger partial charge in [0.15, 0.2) is 0 Å². The first-order valence-corrected chi connectivity index (χ1v) is 8.10. The van der Waals surface area contributed by atoms with E-state index in [2.05, 4.69) is 20.8 Å². The minimum Gasteiger partial charge on any atom is -0.465 e. The minimum absolute atomic E-state index is 0.253. The quantitative estimate of drug-likeness (QED) is 0.772. The number of esters is 1. The number of alkyl halides is 1. The summed E-state index contributed by atoms with van der Waals surface area (Å²) in [6, 6.07) is 7.41. The van der Waals surface area contributed by atoms with Crippen molar-refractivity contribution in [2.75, 3.05) is 7.11 Å². The van der Waals surface area contributed by atoms with Gasteiger partial charge in [-0.15, -0.1) is 0 Å². The molecule has 3 saturated carbocycles. The number of methoxy groups -OCH3 is 1. The van der Waals surface area contributed by atoms with Crippen molar-refractivity contribution in [2.24, 2.45) is 22.7 Å². The third-order valence-corrected chi connectivity index (χ3v) is 6.43. The molecule has 3 heteroatoms. The molecule has 0 amide bonds. The van der Waals surface area contributed by atoms with E-state index >= 15 is 0 Å². The van der Waals surface area contributed by atoms with E-state index in [0.717, 1.165) is 18.4 Å². The van der Waals surface area contributed by atoms with Gasteiger partial charge in [-0.3, -0.25) is 0 Å². The number of carbonyl (C=O) groups is 1. The molecule has 22 heavy (non-hydrogen) atoms. The highest BCUT2D eigenvalue weighted by Crippen LogP contribution is 2.67. The topological polar surface area (TPSA) is 26.3 Å². The molecular weight excluding hydrogens is 279 g/mol. The van der Waals surface area contributed by atoms with Crippen molar-refractivity contribution in [3.63, 3.8) is 0 Å². The Labute approximate surface area is 132 Å². The third-order valence-electron chi connectivity index (χ3n) is 6.43. The number of hydrogen-bond donors (Lipinski definition) is 0. The van der Waals surface area contributed by atoms with Crippen LogP contribution in [0.3, 0.4) is 0 Å². The Balaban J connectivity index is 1.81. The van der Waals surface area contributed by atoms with Crippen LogP contribution in [0, 0.1) is 22.7 Å². The van der Waals surface area contributed by atoms with E-state index in [-0.39, 0.29) is 16.8 Å². The summed E-state index contributed by atoms with van der Waals surface area (Å²) in [6.07, 6.45) is 1.85. The van der Waals surface area contributed by atoms with Crippen LogP contribution in [0.2, 0.25) is 0 Å². The highest BCUT2D eigenvalue weighted by molar-refractivity contribution is 5.89. The molecule has 3 aliphatic carbocycles. The monoisotopic (exact) mass is 304 g/mol. The van der Waals surface area contributed by atoms with Crippen molar-refractivity contribution in [2.45, 2.75) is 46.2 Å². The van der Waals surface area contributed by atoms with Crippen LogP contribution >= 0.6 is 0 Å². The van der Waals surface area contributed by atoms with Gasteiger partial charge in [-0.2, -0.15) is 0 Å². The number of fused-ring (bicyclic) bond motifs is 2. The number of benzene rings is 1. The predicted molar refractivity (Wildman–Crippen MR) is 84.5 cm³/mol. The molecule has 0 radical (unpaired) electrons. The summed E-state index contributed by atoms with van der Waals surface area (Å²) < 4.78 is 19.4. The predicted octanol–water partition coefficient (Wildman–Crippen LogP) is 4.43. The van der Waals surface area contributed by atoms with Gasteiger partial charge in [-0.25, -0.2) is 9.18 Å². The van der Waals surface area contributed by atoms with Gasteiger partial charge in [-0.1, -0.05) is 32.9 Å². The minimum atomic E-state index is -0.732. The Kier molecular flexibility index (Phi) is 3.58. The lowest BCUT2D eigenvalue weighted by atomic mass is 9.40. The smallest absolute Gasteiger partial charge is 0.337 e. The Morgan fingerprint density at radius 2 is 1.86 bits per heavy atom. The zero-order chi connectivity index (χ0) is 16.1. The fraction of sp³-hybridized carbons (Fsp3) is 0.632. The molecule has 2 nitrogen and oxygen atoms in total. The van der Waals surface area contributed by atoms with Crippen molar-refractivity contribution in [3.8, 4) is 0 Å². The molecule has 0 aliphatic heterocycles. The first kappa shape index (κ1) is 15.5. The number of hydrogen-bond acceptors (Lipinski definition) is 2. The average Bonchev–Trinajstić information content (AvgIpc) is 2.49. The van der Waals surface area contributed by atoms with E-state index in [0.29, 0.717) is 23.8 Å². The van der Waals surface area contributed by atoms with E-state index in [1.807, 2.05) is 12.1 Å². The second-order valence-corrected chi connectivity index (χ2v) is 7.88. The molecule has 3 fully saturated rings. The van der Waals surface area contributed by atoms with Crippen LogP contribution in [0.5, 0.6) is 0 Å². The molecule has 3 aliphatic rings. The van der Waals surface area contributed by atoms with Crippen LogP contribution in [0.1, 0.15) is 49.5 Å². The summed E-state index contributed by atoms with van der Waals surface area (Å²) in [5, 5.41) is 0. The zero-order valence-corrected chi connectivity index (χ0v) is 13.9. The molecule has 0 heterocycles. The maximum atomic E-state index is 14.7. The molecule has 0 spiro atoms. The molecule has 120 valence electrons. The normalized spacial score (nSPS) is 35.6. The molecule has 1 aromatic rings. The van der Waals surface area contributed by atoms with Crippen molar-refractivity contribution in [3.05, 3.63) is 35.4 Å². The number of ether oxygens (including phenoxy) is 1. The fourth-order valence-corrected chi connectivity index (χ4v) is 4.82. The van der Waals surface area contributed by atoms with E-state index in [1.165, 1.54) is 7.11 Å². The highest BCUT2D eigenvalue weighted by Gasteiger charge is 2.63. The van der Waals surface area contributed by atoms with Crippen LogP contribution in [0.4, 0.5) is 4.39 Å². The van der Waals surface area contributed by atoms with Crippen LogP contribution in [0.25, 0.3) is 0 Å². The molecule has 4 atom stereocenters. The van der Waals surface area contributed by atoms with Gasteiger partial charge in [-0.05, 0) is 54.2 Å². The standard InChI is InChI=1S/C19H25FO2/c1-18(2)14-9-15(18)19(3,16(20)10-14)11-12-5-7-13(8-6-12)17(21)22-4/h5-8,14-16H,9-11H2,1-4H3. The molecule has 0 aromatic heterocycles. The molecule has 0 saturated heterocycles. The first-order valence-electron chi connectivity index (χ1n) is 8.10.